The zero-order chi connectivity index (χ0) is 11.8. The first kappa shape index (κ1) is 11.9. The van der Waals surface area contributed by atoms with E-state index in [9.17, 15) is 5.11 Å². The van der Waals surface area contributed by atoms with Crippen LogP contribution in [0.5, 0.6) is 0 Å². The van der Waals surface area contributed by atoms with Gasteiger partial charge in [0.05, 0.1) is 0 Å². The fourth-order valence-corrected chi connectivity index (χ4v) is 2.95. The lowest BCUT2D eigenvalue weighted by molar-refractivity contribution is 0.189. The molecule has 2 rings (SSSR count). The lowest BCUT2D eigenvalue weighted by Crippen LogP contribution is -2.43. The number of hydrogen-bond donors (Lipinski definition) is 1. The predicted molar refractivity (Wildman–Crippen MR) is 70.8 cm³/mol. The van der Waals surface area contributed by atoms with Gasteiger partial charge in [0.1, 0.15) is 0 Å². The molecule has 0 spiro atoms. The Bertz CT molecular complexity index is 378. The van der Waals surface area contributed by atoms with Crippen LogP contribution in [0.2, 0.25) is 0 Å². The van der Waals surface area contributed by atoms with Crippen molar-refractivity contribution in [2.45, 2.75) is 25.8 Å². The molecule has 0 aromatic heterocycles. The van der Waals surface area contributed by atoms with Crippen molar-refractivity contribution in [3.05, 3.63) is 28.7 Å². The summed E-state index contributed by atoms with van der Waals surface area (Å²) in [4.78, 5) is 2.39. The number of aliphatic hydroxyl groups is 1. The summed E-state index contributed by atoms with van der Waals surface area (Å²) in [5, 5.41) is 9.38. The van der Waals surface area contributed by atoms with E-state index in [2.05, 4.69) is 52.9 Å². The Morgan fingerprint density at radius 1 is 1.50 bits per heavy atom. The van der Waals surface area contributed by atoms with E-state index in [0.29, 0.717) is 5.92 Å². The van der Waals surface area contributed by atoms with E-state index >= 15 is 0 Å². The minimum Gasteiger partial charge on any atom is -0.396 e. The van der Waals surface area contributed by atoms with Crippen LogP contribution in [0.25, 0.3) is 0 Å². The molecular formula is C13H18BrNO. The zero-order valence-corrected chi connectivity index (χ0v) is 11.4. The molecule has 1 aliphatic rings. The number of anilines is 1. The van der Waals surface area contributed by atoms with Gasteiger partial charge in [0.25, 0.3) is 0 Å². The highest BCUT2D eigenvalue weighted by atomic mass is 79.9. The van der Waals surface area contributed by atoms with Crippen molar-refractivity contribution in [2.24, 2.45) is 5.92 Å². The maximum atomic E-state index is 9.38. The van der Waals surface area contributed by atoms with Crippen molar-refractivity contribution < 1.29 is 5.11 Å². The van der Waals surface area contributed by atoms with Crippen LogP contribution in [0.3, 0.4) is 0 Å². The molecule has 1 unspecified atom stereocenters. The second-order valence-electron chi connectivity index (χ2n) is 4.95. The fourth-order valence-electron chi connectivity index (χ4n) is 2.57. The third kappa shape index (κ3) is 1.98. The van der Waals surface area contributed by atoms with Gasteiger partial charge in [-0.2, -0.15) is 0 Å². The maximum absolute atomic E-state index is 9.38. The van der Waals surface area contributed by atoms with Crippen LogP contribution >= 0.6 is 15.9 Å². The van der Waals surface area contributed by atoms with E-state index in [-0.39, 0.29) is 12.1 Å². The van der Waals surface area contributed by atoms with Crippen LogP contribution < -0.4 is 4.90 Å². The van der Waals surface area contributed by atoms with Crippen molar-refractivity contribution >= 4 is 21.6 Å². The first-order chi connectivity index (χ1) is 7.55. The molecule has 1 aliphatic heterocycles. The molecule has 1 heterocycles. The number of halogens is 1. The van der Waals surface area contributed by atoms with Gasteiger partial charge in [-0.3, -0.25) is 0 Å². The second kappa shape index (κ2) is 4.38. The van der Waals surface area contributed by atoms with E-state index in [4.69, 9.17) is 0 Å². The standard InChI is InChI=1S/C13H18BrNO/c1-13(2)10(9-16)6-7-15(13)12-5-3-4-11(14)8-12/h3-5,8,10,16H,6-7,9H2,1-2H3. The van der Waals surface area contributed by atoms with E-state index in [0.717, 1.165) is 17.4 Å². The SMILES string of the molecule is CC1(C)C(CO)CCN1c1cccc(Br)c1. The van der Waals surface area contributed by atoms with E-state index in [1.807, 2.05) is 6.07 Å². The monoisotopic (exact) mass is 283 g/mol. The summed E-state index contributed by atoms with van der Waals surface area (Å²) in [6, 6.07) is 8.37. The average molecular weight is 284 g/mol. The van der Waals surface area contributed by atoms with Crippen LogP contribution in [0, 0.1) is 5.92 Å². The van der Waals surface area contributed by atoms with Crippen LogP contribution in [-0.4, -0.2) is 23.8 Å². The minimum atomic E-state index is 0.0372. The van der Waals surface area contributed by atoms with Gasteiger partial charge in [0.2, 0.25) is 0 Å². The van der Waals surface area contributed by atoms with Gasteiger partial charge in [0, 0.05) is 34.8 Å². The molecule has 3 heteroatoms. The molecule has 1 atom stereocenters. The van der Waals surface area contributed by atoms with Gasteiger partial charge in [-0.25, -0.2) is 0 Å². The van der Waals surface area contributed by atoms with E-state index < -0.39 is 0 Å². The second-order valence-corrected chi connectivity index (χ2v) is 5.87. The van der Waals surface area contributed by atoms with Gasteiger partial charge in [0.15, 0.2) is 0 Å². The molecule has 0 amide bonds. The smallest absolute Gasteiger partial charge is 0.0482 e. The number of rotatable bonds is 2. The Morgan fingerprint density at radius 2 is 2.25 bits per heavy atom. The molecule has 1 N–H and O–H groups in total. The zero-order valence-electron chi connectivity index (χ0n) is 9.78. The number of hydrogen-bond acceptors (Lipinski definition) is 2. The first-order valence-electron chi connectivity index (χ1n) is 5.70. The fraction of sp³-hybridized carbons (Fsp3) is 0.538. The van der Waals surface area contributed by atoms with Crippen LogP contribution in [-0.2, 0) is 0 Å². The molecule has 0 bridgehead atoms. The maximum Gasteiger partial charge on any atom is 0.0482 e. The highest BCUT2D eigenvalue weighted by molar-refractivity contribution is 9.10. The van der Waals surface area contributed by atoms with Crippen LogP contribution in [0.4, 0.5) is 5.69 Å². The van der Waals surface area contributed by atoms with E-state index in [1.54, 1.807) is 0 Å². The molecule has 0 radical (unpaired) electrons. The van der Waals surface area contributed by atoms with Crippen molar-refractivity contribution in [1.82, 2.24) is 0 Å². The molecule has 1 fully saturated rings. The lowest BCUT2D eigenvalue weighted by Gasteiger charge is -2.37. The van der Waals surface area contributed by atoms with Crippen molar-refractivity contribution in [1.29, 1.82) is 0 Å². The van der Waals surface area contributed by atoms with Crippen LogP contribution in [0.1, 0.15) is 20.3 Å². The molecule has 1 aromatic carbocycles. The minimum absolute atomic E-state index is 0.0372. The topological polar surface area (TPSA) is 23.5 Å². The molecule has 88 valence electrons. The van der Waals surface area contributed by atoms with Gasteiger partial charge >= 0.3 is 0 Å². The summed E-state index contributed by atoms with van der Waals surface area (Å²) >= 11 is 3.50. The van der Waals surface area contributed by atoms with Gasteiger partial charge in [-0.05, 0) is 38.5 Å². The molecular weight excluding hydrogens is 266 g/mol. The highest BCUT2D eigenvalue weighted by Crippen LogP contribution is 2.38. The third-order valence-corrected chi connectivity index (χ3v) is 4.23. The Kier molecular flexibility index (Phi) is 3.27. The Labute approximate surface area is 105 Å². The lowest BCUT2D eigenvalue weighted by atomic mass is 9.89. The summed E-state index contributed by atoms with van der Waals surface area (Å²) in [5.41, 5.74) is 1.27. The number of benzene rings is 1. The summed E-state index contributed by atoms with van der Waals surface area (Å²) in [7, 11) is 0. The first-order valence-corrected chi connectivity index (χ1v) is 6.49. The molecule has 0 aliphatic carbocycles. The van der Waals surface area contributed by atoms with Gasteiger partial charge in [-0.15, -0.1) is 0 Å². The largest absolute Gasteiger partial charge is 0.396 e. The third-order valence-electron chi connectivity index (χ3n) is 3.74. The normalized spacial score (nSPS) is 23.8. The summed E-state index contributed by atoms with van der Waals surface area (Å²) < 4.78 is 1.10. The Hall–Kier alpha value is -0.540. The highest BCUT2D eigenvalue weighted by Gasteiger charge is 2.40. The number of aliphatic hydroxyl groups excluding tert-OH is 1. The Morgan fingerprint density at radius 3 is 2.81 bits per heavy atom. The molecule has 1 saturated heterocycles. The Balaban J connectivity index is 2.29. The molecule has 1 aromatic rings. The summed E-state index contributed by atoms with van der Waals surface area (Å²) in [6.07, 6.45) is 1.07. The summed E-state index contributed by atoms with van der Waals surface area (Å²) in [5.74, 6) is 0.367. The quantitative estimate of drug-likeness (QED) is 0.902. The van der Waals surface area contributed by atoms with Crippen LogP contribution in [0.15, 0.2) is 28.7 Å². The van der Waals surface area contributed by atoms with Crippen molar-refractivity contribution in [2.75, 3.05) is 18.1 Å². The van der Waals surface area contributed by atoms with Gasteiger partial charge in [-0.1, -0.05) is 22.0 Å². The van der Waals surface area contributed by atoms with Crippen molar-refractivity contribution in [3.8, 4) is 0 Å². The van der Waals surface area contributed by atoms with Crippen molar-refractivity contribution in [3.63, 3.8) is 0 Å². The van der Waals surface area contributed by atoms with Gasteiger partial charge < -0.3 is 10.0 Å². The molecule has 16 heavy (non-hydrogen) atoms. The molecule has 0 saturated carbocycles. The molecule has 2 nitrogen and oxygen atoms in total. The van der Waals surface area contributed by atoms with E-state index in [1.165, 1.54) is 5.69 Å². The number of nitrogens with zero attached hydrogens (tertiary/aromatic N) is 1. The average Bonchev–Trinajstić information content (AvgIpc) is 2.53. The summed E-state index contributed by atoms with van der Waals surface area (Å²) in [6.45, 7) is 5.72. The predicted octanol–water partition coefficient (Wildman–Crippen LogP) is 3.05.